The zero-order chi connectivity index (χ0) is 16.4. The van der Waals surface area contributed by atoms with Crippen molar-refractivity contribution in [2.24, 2.45) is 0 Å². The predicted octanol–water partition coefficient (Wildman–Crippen LogP) is 3.17. The van der Waals surface area contributed by atoms with Gasteiger partial charge in [-0.3, -0.25) is 9.89 Å². The van der Waals surface area contributed by atoms with E-state index in [0.29, 0.717) is 11.8 Å². The summed E-state index contributed by atoms with van der Waals surface area (Å²) in [6, 6.07) is 8.18. The van der Waals surface area contributed by atoms with Gasteiger partial charge in [0, 0.05) is 22.8 Å². The van der Waals surface area contributed by atoms with Crippen molar-refractivity contribution in [2.75, 3.05) is 11.9 Å². The smallest absolute Gasteiger partial charge is 0.262 e. The summed E-state index contributed by atoms with van der Waals surface area (Å²) < 4.78 is 31.2. The molecular formula is C16H13F2N3O2. The van der Waals surface area contributed by atoms with Gasteiger partial charge in [-0.05, 0) is 37.3 Å². The van der Waals surface area contributed by atoms with Crippen LogP contribution in [-0.4, -0.2) is 22.7 Å². The number of aromatic amines is 1. The molecule has 2 N–H and O–H groups in total. The molecule has 0 atom stereocenters. The number of nitrogens with zero attached hydrogens (tertiary/aromatic N) is 1. The van der Waals surface area contributed by atoms with E-state index in [4.69, 9.17) is 4.74 Å². The summed E-state index contributed by atoms with van der Waals surface area (Å²) in [7, 11) is 0. The van der Waals surface area contributed by atoms with E-state index >= 15 is 0 Å². The molecule has 0 radical (unpaired) electrons. The number of fused-ring (bicyclic) bond motifs is 1. The molecule has 3 rings (SSSR count). The second-order valence-electron chi connectivity index (χ2n) is 4.99. The average Bonchev–Trinajstić information content (AvgIpc) is 2.87. The van der Waals surface area contributed by atoms with Gasteiger partial charge in [-0.25, -0.2) is 8.78 Å². The van der Waals surface area contributed by atoms with E-state index < -0.39 is 17.5 Å². The number of amides is 1. The third-order valence-electron chi connectivity index (χ3n) is 3.28. The normalized spacial score (nSPS) is 10.7. The Morgan fingerprint density at radius 3 is 2.87 bits per heavy atom. The first-order chi connectivity index (χ1) is 11.0. The van der Waals surface area contributed by atoms with Gasteiger partial charge in [0.2, 0.25) is 0 Å². The number of carbonyl (C=O) groups is 1. The molecule has 3 aromatic rings. The molecule has 0 aliphatic carbocycles. The predicted molar refractivity (Wildman–Crippen MR) is 81.3 cm³/mol. The van der Waals surface area contributed by atoms with Crippen LogP contribution in [0.25, 0.3) is 10.9 Å². The molecular weight excluding hydrogens is 304 g/mol. The van der Waals surface area contributed by atoms with E-state index in [1.54, 1.807) is 12.1 Å². The number of benzene rings is 2. The number of aryl methyl sites for hydroxylation is 1. The van der Waals surface area contributed by atoms with Crippen molar-refractivity contribution < 1.29 is 18.3 Å². The molecule has 5 nitrogen and oxygen atoms in total. The van der Waals surface area contributed by atoms with Crippen molar-refractivity contribution in [1.29, 1.82) is 0 Å². The quantitative estimate of drug-likeness (QED) is 0.777. The highest BCUT2D eigenvalue weighted by atomic mass is 19.1. The van der Waals surface area contributed by atoms with E-state index in [1.165, 1.54) is 0 Å². The number of hydrogen-bond acceptors (Lipinski definition) is 3. The number of hydrogen-bond donors (Lipinski definition) is 2. The number of nitrogens with one attached hydrogen (secondary N) is 2. The van der Waals surface area contributed by atoms with Crippen LogP contribution in [0.5, 0.6) is 5.75 Å². The third kappa shape index (κ3) is 3.28. The minimum atomic E-state index is -0.855. The highest BCUT2D eigenvalue weighted by Crippen LogP contribution is 2.20. The maximum Gasteiger partial charge on any atom is 0.262 e. The first kappa shape index (κ1) is 15.0. The van der Waals surface area contributed by atoms with Crippen molar-refractivity contribution in [1.82, 2.24) is 10.2 Å². The molecule has 1 heterocycles. The van der Waals surface area contributed by atoms with E-state index in [9.17, 15) is 13.6 Å². The summed E-state index contributed by atoms with van der Waals surface area (Å²) >= 11 is 0. The van der Waals surface area contributed by atoms with Gasteiger partial charge in [-0.2, -0.15) is 5.10 Å². The molecule has 0 aliphatic rings. The lowest BCUT2D eigenvalue weighted by Gasteiger charge is -2.08. The van der Waals surface area contributed by atoms with E-state index in [2.05, 4.69) is 15.5 Å². The van der Waals surface area contributed by atoms with Crippen LogP contribution < -0.4 is 10.1 Å². The van der Waals surface area contributed by atoms with Crippen LogP contribution in [-0.2, 0) is 4.79 Å². The lowest BCUT2D eigenvalue weighted by molar-refractivity contribution is -0.118. The summed E-state index contributed by atoms with van der Waals surface area (Å²) in [5.74, 6) is -2.20. The Balaban J connectivity index is 1.64. The number of ether oxygens (including phenoxy) is 1. The van der Waals surface area contributed by atoms with Crippen LogP contribution in [0.2, 0.25) is 0 Å². The van der Waals surface area contributed by atoms with Gasteiger partial charge in [0.15, 0.2) is 18.2 Å². The van der Waals surface area contributed by atoms with Crippen LogP contribution >= 0.6 is 0 Å². The molecule has 0 unspecified atom stereocenters. The minimum absolute atomic E-state index is 0.181. The minimum Gasteiger partial charge on any atom is -0.481 e. The Kier molecular flexibility index (Phi) is 3.92. The van der Waals surface area contributed by atoms with Gasteiger partial charge in [-0.1, -0.05) is 0 Å². The Bertz CT molecular complexity index is 877. The lowest BCUT2D eigenvalue weighted by Crippen LogP contribution is -2.20. The molecule has 118 valence electrons. The Hall–Kier alpha value is -2.96. The van der Waals surface area contributed by atoms with Crippen molar-refractivity contribution >= 4 is 22.5 Å². The molecule has 23 heavy (non-hydrogen) atoms. The highest BCUT2D eigenvalue weighted by Gasteiger charge is 2.09. The average molecular weight is 317 g/mol. The van der Waals surface area contributed by atoms with Crippen LogP contribution in [0, 0.1) is 18.6 Å². The molecule has 2 aromatic carbocycles. The lowest BCUT2D eigenvalue weighted by atomic mass is 10.2. The van der Waals surface area contributed by atoms with Crippen LogP contribution in [0.15, 0.2) is 36.4 Å². The Morgan fingerprint density at radius 1 is 1.26 bits per heavy atom. The number of H-pyrrole nitrogens is 1. The van der Waals surface area contributed by atoms with E-state index in [0.717, 1.165) is 28.7 Å². The molecule has 1 aromatic heterocycles. The Morgan fingerprint density at radius 2 is 2.09 bits per heavy atom. The number of anilines is 1. The second kappa shape index (κ2) is 6.04. The van der Waals surface area contributed by atoms with Crippen molar-refractivity contribution in [3.8, 4) is 5.75 Å². The molecule has 0 saturated carbocycles. The number of aromatic nitrogens is 2. The van der Waals surface area contributed by atoms with E-state index in [-0.39, 0.29) is 12.4 Å². The van der Waals surface area contributed by atoms with Crippen molar-refractivity contribution in [2.45, 2.75) is 6.92 Å². The van der Waals surface area contributed by atoms with Gasteiger partial charge in [0.05, 0.1) is 5.52 Å². The molecule has 7 heteroatoms. The topological polar surface area (TPSA) is 67.0 Å². The third-order valence-corrected chi connectivity index (χ3v) is 3.28. The fraction of sp³-hybridized carbons (Fsp3) is 0.125. The summed E-state index contributed by atoms with van der Waals surface area (Å²) in [6.07, 6.45) is 0. The Labute approximate surface area is 130 Å². The summed E-state index contributed by atoms with van der Waals surface area (Å²) in [5, 5.41) is 10.6. The molecule has 1 amide bonds. The van der Waals surface area contributed by atoms with Gasteiger partial charge >= 0.3 is 0 Å². The van der Waals surface area contributed by atoms with Crippen LogP contribution in [0.1, 0.15) is 5.69 Å². The first-order valence-corrected chi connectivity index (χ1v) is 6.85. The molecule has 0 fully saturated rings. The second-order valence-corrected chi connectivity index (χ2v) is 4.99. The maximum atomic E-state index is 13.4. The van der Waals surface area contributed by atoms with Gasteiger partial charge in [0.1, 0.15) is 5.82 Å². The maximum absolute atomic E-state index is 13.4. The SMILES string of the molecule is Cc1[nH]nc2cc(NC(=O)COc3ccc(F)cc3F)ccc12. The first-order valence-electron chi connectivity index (χ1n) is 6.85. The number of rotatable bonds is 4. The van der Waals surface area contributed by atoms with Crippen LogP contribution in [0.4, 0.5) is 14.5 Å². The monoisotopic (exact) mass is 317 g/mol. The number of carbonyl (C=O) groups excluding carboxylic acids is 1. The van der Waals surface area contributed by atoms with E-state index in [1.807, 2.05) is 13.0 Å². The van der Waals surface area contributed by atoms with Crippen molar-refractivity contribution in [3.63, 3.8) is 0 Å². The highest BCUT2D eigenvalue weighted by molar-refractivity contribution is 5.94. The zero-order valence-corrected chi connectivity index (χ0v) is 12.2. The van der Waals surface area contributed by atoms with Gasteiger partial charge in [-0.15, -0.1) is 0 Å². The van der Waals surface area contributed by atoms with Gasteiger partial charge < -0.3 is 10.1 Å². The molecule has 0 saturated heterocycles. The van der Waals surface area contributed by atoms with Gasteiger partial charge in [0.25, 0.3) is 5.91 Å². The summed E-state index contributed by atoms with van der Waals surface area (Å²) in [5.41, 5.74) is 2.22. The number of halogens is 2. The van der Waals surface area contributed by atoms with Crippen molar-refractivity contribution in [3.05, 3.63) is 53.7 Å². The molecule has 0 bridgehead atoms. The fourth-order valence-electron chi connectivity index (χ4n) is 2.16. The summed E-state index contributed by atoms with van der Waals surface area (Å²) in [6.45, 7) is 1.51. The van der Waals surface area contributed by atoms with Crippen LogP contribution in [0.3, 0.4) is 0 Å². The summed E-state index contributed by atoms with van der Waals surface area (Å²) in [4.78, 5) is 11.8. The molecule has 0 spiro atoms. The largest absolute Gasteiger partial charge is 0.481 e. The fourth-order valence-corrected chi connectivity index (χ4v) is 2.16. The standard InChI is InChI=1S/C16H13F2N3O2/c1-9-12-4-3-11(7-14(12)21-20-9)19-16(22)8-23-15-5-2-10(17)6-13(15)18/h2-7H,8H2,1H3,(H,19,22)(H,20,21). The zero-order valence-electron chi connectivity index (χ0n) is 12.2. The molecule has 0 aliphatic heterocycles.